The number of likely N-dealkylation sites (tertiary alicyclic amines) is 1. The van der Waals surface area contributed by atoms with E-state index in [1.54, 1.807) is 25.7 Å². The first-order chi connectivity index (χ1) is 9.86. The lowest BCUT2D eigenvalue weighted by Crippen LogP contribution is -2.56. The molecule has 0 bridgehead atoms. The number of rotatable bonds is 2. The summed E-state index contributed by atoms with van der Waals surface area (Å²) in [6.45, 7) is 11.9. The number of amides is 2. The van der Waals surface area contributed by atoms with E-state index in [0.29, 0.717) is 19.5 Å². The van der Waals surface area contributed by atoms with Crippen molar-refractivity contribution in [2.24, 2.45) is 5.73 Å². The Morgan fingerprint density at radius 2 is 1.68 bits per heavy atom. The minimum absolute atomic E-state index is 0.228. The summed E-state index contributed by atoms with van der Waals surface area (Å²) in [4.78, 5) is 25.6. The molecule has 0 aliphatic carbocycles. The summed E-state index contributed by atoms with van der Waals surface area (Å²) in [7, 11) is 0. The van der Waals surface area contributed by atoms with Crippen molar-refractivity contribution in [1.29, 1.82) is 0 Å². The van der Waals surface area contributed by atoms with E-state index in [4.69, 9.17) is 15.2 Å². The average Bonchev–Trinajstić information content (AvgIpc) is 2.69. The Hall–Kier alpha value is -1.50. The second kappa shape index (κ2) is 6.32. The van der Waals surface area contributed by atoms with Gasteiger partial charge in [0.1, 0.15) is 11.2 Å². The first-order valence-corrected chi connectivity index (χ1v) is 7.55. The molecule has 1 rings (SSSR count). The van der Waals surface area contributed by atoms with Crippen molar-refractivity contribution in [3.8, 4) is 0 Å². The minimum Gasteiger partial charge on any atom is -0.444 e. The number of ether oxygens (including phenoxy) is 2. The van der Waals surface area contributed by atoms with Gasteiger partial charge in [-0.2, -0.15) is 0 Å². The maximum atomic E-state index is 12.1. The molecule has 1 fully saturated rings. The predicted molar refractivity (Wildman–Crippen MR) is 83.6 cm³/mol. The molecule has 22 heavy (non-hydrogen) atoms. The number of alkyl carbamates (subject to hydrolysis) is 1. The Labute approximate surface area is 132 Å². The SMILES string of the molecule is CC(C)(C)OC(=O)N[C@@]1(CN)CCN(C(=O)OC(C)(C)C)C1. The first-order valence-electron chi connectivity index (χ1n) is 7.55. The number of nitrogens with one attached hydrogen (secondary N) is 1. The van der Waals surface area contributed by atoms with Gasteiger partial charge in [-0.05, 0) is 48.0 Å². The Morgan fingerprint density at radius 1 is 1.14 bits per heavy atom. The lowest BCUT2D eigenvalue weighted by atomic mass is 9.99. The molecule has 1 saturated heterocycles. The fraction of sp³-hybridized carbons (Fsp3) is 0.867. The largest absolute Gasteiger partial charge is 0.444 e. The molecule has 7 nitrogen and oxygen atoms in total. The zero-order valence-corrected chi connectivity index (χ0v) is 14.5. The average molecular weight is 315 g/mol. The predicted octanol–water partition coefficient (Wildman–Crippen LogP) is 1.85. The summed E-state index contributed by atoms with van der Waals surface area (Å²) >= 11 is 0. The molecule has 1 aliphatic heterocycles. The highest BCUT2D eigenvalue weighted by molar-refractivity contribution is 5.71. The third-order valence-corrected chi connectivity index (χ3v) is 3.16. The Morgan fingerprint density at radius 3 is 2.14 bits per heavy atom. The van der Waals surface area contributed by atoms with Gasteiger partial charge >= 0.3 is 12.2 Å². The molecule has 0 spiro atoms. The summed E-state index contributed by atoms with van der Waals surface area (Å²) in [5, 5.41) is 2.81. The highest BCUT2D eigenvalue weighted by atomic mass is 16.6. The van der Waals surface area contributed by atoms with Crippen molar-refractivity contribution in [3.63, 3.8) is 0 Å². The summed E-state index contributed by atoms with van der Waals surface area (Å²) in [5.74, 6) is 0. The summed E-state index contributed by atoms with van der Waals surface area (Å²) in [6.07, 6.45) is -0.347. The van der Waals surface area contributed by atoms with Crippen LogP contribution in [0.2, 0.25) is 0 Å². The molecule has 1 heterocycles. The van der Waals surface area contributed by atoms with Gasteiger partial charge in [0.25, 0.3) is 0 Å². The molecule has 0 aromatic heterocycles. The van der Waals surface area contributed by atoms with E-state index in [1.807, 2.05) is 20.8 Å². The third kappa shape index (κ3) is 5.71. The summed E-state index contributed by atoms with van der Waals surface area (Å²) in [5.41, 5.74) is 4.02. The molecule has 128 valence electrons. The Balaban J connectivity index is 2.66. The molecule has 1 aliphatic rings. The van der Waals surface area contributed by atoms with Gasteiger partial charge in [0.05, 0.1) is 5.54 Å². The monoisotopic (exact) mass is 315 g/mol. The van der Waals surface area contributed by atoms with Gasteiger partial charge in [0, 0.05) is 19.6 Å². The van der Waals surface area contributed by atoms with Gasteiger partial charge in [-0.1, -0.05) is 0 Å². The molecule has 0 aromatic rings. The number of carbonyl (C=O) groups excluding carboxylic acids is 2. The van der Waals surface area contributed by atoms with Crippen LogP contribution in [0.15, 0.2) is 0 Å². The van der Waals surface area contributed by atoms with Crippen LogP contribution in [0.5, 0.6) is 0 Å². The van der Waals surface area contributed by atoms with E-state index >= 15 is 0 Å². The van der Waals surface area contributed by atoms with Gasteiger partial charge < -0.3 is 25.4 Å². The lowest BCUT2D eigenvalue weighted by molar-refractivity contribution is 0.0264. The zero-order valence-electron chi connectivity index (χ0n) is 14.5. The van der Waals surface area contributed by atoms with Crippen LogP contribution in [0.25, 0.3) is 0 Å². The molecule has 7 heteroatoms. The highest BCUT2D eigenvalue weighted by Gasteiger charge is 2.42. The van der Waals surface area contributed by atoms with E-state index in [9.17, 15) is 9.59 Å². The molecule has 2 amide bonds. The summed E-state index contributed by atoms with van der Waals surface area (Å²) in [6, 6.07) is 0. The molecule has 1 atom stereocenters. The van der Waals surface area contributed by atoms with Gasteiger partial charge in [-0.3, -0.25) is 0 Å². The van der Waals surface area contributed by atoms with Crippen molar-refractivity contribution in [3.05, 3.63) is 0 Å². The molecule has 0 unspecified atom stereocenters. The summed E-state index contributed by atoms with van der Waals surface area (Å²) < 4.78 is 10.6. The zero-order chi connectivity index (χ0) is 17.2. The molecule has 0 aromatic carbocycles. The van der Waals surface area contributed by atoms with Crippen LogP contribution in [0.3, 0.4) is 0 Å². The van der Waals surface area contributed by atoms with Crippen molar-refractivity contribution in [2.75, 3.05) is 19.6 Å². The van der Waals surface area contributed by atoms with Gasteiger partial charge in [-0.15, -0.1) is 0 Å². The van der Waals surface area contributed by atoms with Crippen molar-refractivity contribution >= 4 is 12.2 Å². The molecule has 3 N–H and O–H groups in total. The first kappa shape index (κ1) is 18.5. The number of nitrogens with two attached hydrogens (primary N) is 1. The molecular weight excluding hydrogens is 286 g/mol. The van der Waals surface area contributed by atoms with Crippen LogP contribution < -0.4 is 11.1 Å². The number of hydrogen-bond acceptors (Lipinski definition) is 5. The van der Waals surface area contributed by atoms with E-state index in [0.717, 1.165) is 0 Å². The van der Waals surface area contributed by atoms with Crippen LogP contribution in [0.1, 0.15) is 48.0 Å². The maximum Gasteiger partial charge on any atom is 0.410 e. The topological polar surface area (TPSA) is 93.9 Å². The quantitative estimate of drug-likeness (QED) is 0.811. The van der Waals surface area contributed by atoms with Gasteiger partial charge in [0.2, 0.25) is 0 Å². The molecular formula is C15H29N3O4. The number of hydrogen-bond donors (Lipinski definition) is 2. The van der Waals surface area contributed by atoms with E-state index < -0.39 is 28.9 Å². The Kier molecular flexibility index (Phi) is 5.33. The number of carbonyl (C=O) groups is 2. The van der Waals surface area contributed by atoms with Gasteiger partial charge in [-0.25, -0.2) is 9.59 Å². The van der Waals surface area contributed by atoms with E-state index in [2.05, 4.69) is 5.32 Å². The lowest BCUT2D eigenvalue weighted by Gasteiger charge is -2.31. The fourth-order valence-corrected chi connectivity index (χ4v) is 2.19. The maximum absolute atomic E-state index is 12.1. The van der Waals surface area contributed by atoms with Crippen LogP contribution in [0.4, 0.5) is 9.59 Å². The van der Waals surface area contributed by atoms with Crippen LogP contribution in [0, 0.1) is 0 Å². The van der Waals surface area contributed by atoms with Crippen LogP contribution in [-0.4, -0.2) is 53.5 Å². The second-order valence-corrected chi connectivity index (χ2v) is 7.76. The van der Waals surface area contributed by atoms with Crippen molar-refractivity contribution in [1.82, 2.24) is 10.2 Å². The fourth-order valence-electron chi connectivity index (χ4n) is 2.19. The van der Waals surface area contributed by atoms with Crippen molar-refractivity contribution < 1.29 is 19.1 Å². The third-order valence-electron chi connectivity index (χ3n) is 3.16. The van der Waals surface area contributed by atoms with Crippen molar-refractivity contribution in [2.45, 2.75) is 64.7 Å². The number of nitrogens with zero attached hydrogens (tertiary/aromatic N) is 1. The van der Waals surface area contributed by atoms with Crippen LogP contribution >= 0.6 is 0 Å². The van der Waals surface area contributed by atoms with E-state index in [1.165, 1.54) is 0 Å². The van der Waals surface area contributed by atoms with E-state index in [-0.39, 0.29) is 6.54 Å². The Bertz CT molecular complexity index is 425. The minimum atomic E-state index is -0.667. The highest BCUT2D eigenvalue weighted by Crippen LogP contribution is 2.23. The van der Waals surface area contributed by atoms with Gasteiger partial charge in [0.15, 0.2) is 0 Å². The standard InChI is InChI=1S/C15H29N3O4/c1-13(2,3)21-11(19)17-15(9-16)7-8-18(10-15)12(20)22-14(4,5)6/h7-10,16H2,1-6H3,(H,17,19)/t15-/m1/s1. The smallest absolute Gasteiger partial charge is 0.410 e. The van der Waals surface area contributed by atoms with Crippen LogP contribution in [-0.2, 0) is 9.47 Å². The molecule has 0 saturated carbocycles. The molecule has 0 radical (unpaired) electrons. The normalized spacial score (nSPS) is 22.4. The second-order valence-electron chi connectivity index (χ2n) is 7.76.